The van der Waals surface area contributed by atoms with Gasteiger partial charge in [0.1, 0.15) is 5.75 Å². The minimum atomic E-state index is 0.00619. The quantitative estimate of drug-likeness (QED) is 0.382. The zero-order valence-electron chi connectivity index (χ0n) is 19.7. The Labute approximate surface area is 197 Å². The SMILES string of the molecule is C=C.CC(C)(C)c1ccccc1Nc1nc(Oc2ccccc2)ccc1NC1C=CC=CC1. The fraction of sp³-hybridized carbons (Fsp3) is 0.207. The number of hydrogen-bond acceptors (Lipinski definition) is 4. The molecule has 1 heterocycles. The molecule has 0 radical (unpaired) electrons. The van der Waals surface area contributed by atoms with Crippen LogP contribution in [0.5, 0.6) is 11.6 Å². The summed E-state index contributed by atoms with van der Waals surface area (Å²) in [6.07, 6.45) is 9.42. The lowest BCUT2D eigenvalue weighted by Crippen LogP contribution is -2.19. The highest BCUT2D eigenvalue weighted by atomic mass is 16.5. The monoisotopic (exact) mass is 439 g/mol. The first-order chi connectivity index (χ1) is 16.0. The van der Waals surface area contributed by atoms with E-state index in [0.717, 1.165) is 29.4 Å². The van der Waals surface area contributed by atoms with Crippen LogP contribution in [-0.4, -0.2) is 11.0 Å². The molecule has 1 aromatic heterocycles. The lowest BCUT2D eigenvalue weighted by Gasteiger charge is -2.25. The summed E-state index contributed by atoms with van der Waals surface area (Å²) >= 11 is 0. The van der Waals surface area contributed by atoms with Crippen molar-refractivity contribution in [1.82, 2.24) is 4.98 Å². The molecule has 2 N–H and O–H groups in total. The standard InChI is InChI=1S/C27H29N3O.C2H4/c1-27(2,3)22-16-10-11-17-23(22)29-26-24(28-20-12-6-4-7-13-20)18-19-25(30-26)31-21-14-8-5-9-15-21;1-2/h4-12,14-20,28H,13H2,1-3H3,(H,29,30);1-2H2. The van der Waals surface area contributed by atoms with Gasteiger partial charge in [-0.3, -0.25) is 0 Å². The second kappa shape index (κ2) is 11.2. The van der Waals surface area contributed by atoms with Crippen LogP contribution in [0.2, 0.25) is 0 Å². The number of benzene rings is 2. The maximum absolute atomic E-state index is 6.00. The number of hydrogen-bond donors (Lipinski definition) is 2. The molecule has 4 heteroatoms. The summed E-state index contributed by atoms with van der Waals surface area (Å²) in [5.74, 6) is 2.05. The zero-order valence-corrected chi connectivity index (χ0v) is 19.7. The van der Waals surface area contributed by atoms with Gasteiger partial charge in [-0.25, -0.2) is 0 Å². The second-order valence-electron chi connectivity index (χ2n) is 8.68. The Hall–Kier alpha value is -3.79. The van der Waals surface area contributed by atoms with Crippen LogP contribution in [-0.2, 0) is 5.41 Å². The first-order valence-corrected chi connectivity index (χ1v) is 11.2. The van der Waals surface area contributed by atoms with Crippen molar-refractivity contribution in [2.45, 2.75) is 38.6 Å². The number of allylic oxidation sites excluding steroid dienone is 2. The Kier molecular flexibility index (Phi) is 8.09. The van der Waals surface area contributed by atoms with Gasteiger partial charge in [-0.15, -0.1) is 13.2 Å². The number of rotatable bonds is 6. The number of pyridine rings is 1. The van der Waals surface area contributed by atoms with Crippen LogP contribution < -0.4 is 15.4 Å². The van der Waals surface area contributed by atoms with E-state index in [1.54, 1.807) is 0 Å². The second-order valence-corrected chi connectivity index (χ2v) is 8.68. The molecule has 170 valence electrons. The number of nitrogens with one attached hydrogen (secondary N) is 2. The molecule has 0 spiro atoms. The van der Waals surface area contributed by atoms with E-state index in [2.05, 4.69) is 87.1 Å². The van der Waals surface area contributed by atoms with E-state index >= 15 is 0 Å². The number of para-hydroxylation sites is 2. The third-order valence-corrected chi connectivity index (χ3v) is 5.14. The lowest BCUT2D eigenvalue weighted by molar-refractivity contribution is 0.464. The first-order valence-electron chi connectivity index (χ1n) is 11.2. The maximum Gasteiger partial charge on any atom is 0.221 e. The Morgan fingerprint density at radius 1 is 0.879 bits per heavy atom. The zero-order chi connectivity index (χ0) is 23.7. The fourth-order valence-corrected chi connectivity index (χ4v) is 3.58. The molecule has 4 rings (SSSR count). The highest BCUT2D eigenvalue weighted by Crippen LogP contribution is 2.34. The van der Waals surface area contributed by atoms with Crippen molar-refractivity contribution in [3.8, 4) is 11.6 Å². The Balaban J connectivity index is 0.00000149. The van der Waals surface area contributed by atoms with E-state index < -0.39 is 0 Å². The summed E-state index contributed by atoms with van der Waals surface area (Å²) in [5.41, 5.74) is 3.22. The smallest absolute Gasteiger partial charge is 0.221 e. The van der Waals surface area contributed by atoms with Crippen LogP contribution in [0.4, 0.5) is 17.2 Å². The predicted molar refractivity (Wildman–Crippen MR) is 141 cm³/mol. The van der Waals surface area contributed by atoms with Crippen molar-refractivity contribution in [3.05, 3.63) is 110 Å². The number of nitrogens with zero attached hydrogens (tertiary/aromatic N) is 1. The molecule has 3 aromatic rings. The Bertz CT molecular complexity index is 1100. The molecular weight excluding hydrogens is 406 g/mol. The molecule has 2 aromatic carbocycles. The van der Waals surface area contributed by atoms with E-state index in [1.807, 2.05) is 48.5 Å². The lowest BCUT2D eigenvalue weighted by atomic mass is 9.86. The van der Waals surface area contributed by atoms with E-state index in [4.69, 9.17) is 9.72 Å². The molecule has 0 bridgehead atoms. The molecule has 1 unspecified atom stereocenters. The van der Waals surface area contributed by atoms with Crippen LogP contribution in [0, 0.1) is 0 Å². The van der Waals surface area contributed by atoms with Gasteiger partial charge >= 0.3 is 0 Å². The Morgan fingerprint density at radius 2 is 1.61 bits per heavy atom. The van der Waals surface area contributed by atoms with E-state index in [1.165, 1.54) is 5.56 Å². The third-order valence-electron chi connectivity index (χ3n) is 5.14. The third kappa shape index (κ3) is 6.59. The normalized spacial score (nSPS) is 14.7. The van der Waals surface area contributed by atoms with Crippen molar-refractivity contribution < 1.29 is 4.74 Å². The van der Waals surface area contributed by atoms with Gasteiger partial charge in [-0.05, 0) is 41.7 Å². The number of anilines is 3. The average Bonchev–Trinajstić information content (AvgIpc) is 2.83. The summed E-state index contributed by atoms with van der Waals surface area (Å²) in [6, 6.07) is 22.3. The molecule has 1 aliphatic rings. The van der Waals surface area contributed by atoms with Crippen LogP contribution >= 0.6 is 0 Å². The van der Waals surface area contributed by atoms with Crippen LogP contribution in [0.15, 0.2) is 104 Å². The number of ether oxygens (including phenoxy) is 1. The van der Waals surface area contributed by atoms with E-state index in [9.17, 15) is 0 Å². The van der Waals surface area contributed by atoms with E-state index in [0.29, 0.717) is 5.88 Å². The fourth-order valence-electron chi connectivity index (χ4n) is 3.58. The minimum Gasteiger partial charge on any atom is -0.439 e. The molecule has 33 heavy (non-hydrogen) atoms. The first kappa shape index (κ1) is 23.9. The predicted octanol–water partition coefficient (Wildman–Crippen LogP) is 8.01. The largest absolute Gasteiger partial charge is 0.439 e. The molecule has 0 saturated heterocycles. The molecular formula is C29H33N3O. The van der Waals surface area contributed by atoms with Gasteiger partial charge in [0, 0.05) is 17.8 Å². The average molecular weight is 440 g/mol. The van der Waals surface area contributed by atoms with Gasteiger partial charge in [0.05, 0.1) is 5.69 Å². The van der Waals surface area contributed by atoms with Gasteiger partial charge in [-0.2, -0.15) is 4.98 Å². The molecule has 4 nitrogen and oxygen atoms in total. The van der Waals surface area contributed by atoms with Crippen molar-refractivity contribution >= 4 is 17.2 Å². The maximum atomic E-state index is 6.00. The van der Waals surface area contributed by atoms with Crippen LogP contribution in [0.1, 0.15) is 32.8 Å². The highest BCUT2D eigenvalue weighted by Gasteiger charge is 2.19. The molecule has 0 fully saturated rings. The van der Waals surface area contributed by atoms with Crippen molar-refractivity contribution in [2.24, 2.45) is 0 Å². The topological polar surface area (TPSA) is 46.2 Å². The van der Waals surface area contributed by atoms with Gasteiger partial charge in [0.15, 0.2) is 5.82 Å². The molecule has 1 atom stereocenters. The molecule has 1 aliphatic carbocycles. The molecule has 0 amide bonds. The van der Waals surface area contributed by atoms with Crippen molar-refractivity contribution in [1.29, 1.82) is 0 Å². The summed E-state index contributed by atoms with van der Waals surface area (Å²) in [4.78, 5) is 4.81. The summed E-state index contributed by atoms with van der Waals surface area (Å²) in [6.45, 7) is 12.6. The highest BCUT2D eigenvalue weighted by molar-refractivity contribution is 5.74. The van der Waals surface area contributed by atoms with E-state index in [-0.39, 0.29) is 11.5 Å². The minimum absolute atomic E-state index is 0.00619. The Morgan fingerprint density at radius 3 is 2.30 bits per heavy atom. The van der Waals surface area contributed by atoms with Gasteiger partial charge in [0.25, 0.3) is 0 Å². The van der Waals surface area contributed by atoms with Gasteiger partial charge in [0.2, 0.25) is 5.88 Å². The summed E-state index contributed by atoms with van der Waals surface area (Å²) in [5, 5.41) is 7.17. The summed E-state index contributed by atoms with van der Waals surface area (Å²) in [7, 11) is 0. The van der Waals surface area contributed by atoms with Gasteiger partial charge < -0.3 is 15.4 Å². The molecule has 0 saturated carbocycles. The summed E-state index contributed by atoms with van der Waals surface area (Å²) < 4.78 is 6.00. The van der Waals surface area contributed by atoms with Crippen LogP contribution in [0.25, 0.3) is 0 Å². The molecule has 0 aliphatic heterocycles. The van der Waals surface area contributed by atoms with Crippen molar-refractivity contribution in [2.75, 3.05) is 10.6 Å². The van der Waals surface area contributed by atoms with Gasteiger partial charge in [-0.1, -0.05) is 81.5 Å². The van der Waals surface area contributed by atoms with Crippen molar-refractivity contribution in [3.63, 3.8) is 0 Å². The van der Waals surface area contributed by atoms with Crippen LogP contribution in [0.3, 0.4) is 0 Å². The number of aromatic nitrogens is 1.